The average Bonchev–Trinajstić information content (AvgIpc) is 3.84. The largest absolute Gasteiger partial charge is 0.457 e. The van der Waals surface area contributed by atoms with E-state index in [2.05, 4.69) is 247 Å². The number of benzene rings is 7. The van der Waals surface area contributed by atoms with Crippen LogP contribution in [0.4, 0.5) is 22.7 Å². The predicted octanol–water partition coefficient (Wildman–Crippen LogP) is 16.8. The second kappa shape index (κ2) is 16.1. The van der Waals surface area contributed by atoms with Gasteiger partial charge in [0.1, 0.15) is 24.0 Å². The highest BCUT2D eigenvalue weighted by atomic mass is 16.5. The number of ether oxygens (including phenoxy) is 1. The summed E-state index contributed by atoms with van der Waals surface area (Å²) in [6.07, 6.45) is 2.04. The van der Waals surface area contributed by atoms with Gasteiger partial charge in [-0.1, -0.05) is 153 Å². The first-order valence-corrected chi connectivity index (χ1v) is 23.3. The average molecular weight is 865 g/mol. The Morgan fingerprint density at radius 3 is 1.73 bits per heavy atom. The summed E-state index contributed by atoms with van der Waals surface area (Å²) in [5.74, 6) is 2.45. The van der Waals surface area contributed by atoms with Crippen LogP contribution in [-0.4, -0.2) is 16.2 Å². The smallest absolute Gasteiger partial charge is 0.137 e. The molecule has 330 valence electrons. The van der Waals surface area contributed by atoms with Crippen molar-refractivity contribution in [3.8, 4) is 39.6 Å². The molecule has 0 spiro atoms. The van der Waals surface area contributed by atoms with Gasteiger partial charge >= 0.3 is 0 Å². The quantitative estimate of drug-likeness (QED) is 0.160. The SMILES string of the molecule is Cc1cc(-n2c3ccccc3c3ccc(Oc4cc(N5CN(c6cc(-c7ccccc7)cc(C(C)(C)C)c6)c6ccccc65)cc(C(C)(C)C)c4)cc32)ncc1-c1cccc(C(C)(C)C)c1. The van der Waals surface area contributed by atoms with Crippen molar-refractivity contribution in [1.29, 1.82) is 0 Å². The zero-order valence-corrected chi connectivity index (χ0v) is 40.1. The topological polar surface area (TPSA) is 33.5 Å². The molecule has 2 aromatic heterocycles. The van der Waals surface area contributed by atoms with Gasteiger partial charge in [0.05, 0.1) is 22.4 Å². The molecular formula is C61H60N4O. The molecule has 0 saturated carbocycles. The molecule has 66 heavy (non-hydrogen) atoms. The van der Waals surface area contributed by atoms with E-state index in [-0.39, 0.29) is 16.2 Å². The van der Waals surface area contributed by atoms with E-state index in [0.29, 0.717) is 6.67 Å². The number of hydrogen-bond donors (Lipinski definition) is 0. The lowest BCUT2D eigenvalue weighted by atomic mass is 9.85. The van der Waals surface area contributed by atoms with E-state index in [1.807, 2.05) is 6.20 Å². The van der Waals surface area contributed by atoms with Gasteiger partial charge in [0.2, 0.25) is 0 Å². The molecule has 9 aromatic rings. The number of anilines is 4. The minimum absolute atomic E-state index is 0.0255. The maximum Gasteiger partial charge on any atom is 0.137 e. The van der Waals surface area contributed by atoms with Crippen LogP contribution in [0.3, 0.4) is 0 Å². The first-order valence-electron chi connectivity index (χ1n) is 23.3. The predicted molar refractivity (Wildman–Crippen MR) is 279 cm³/mol. The van der Waals surface area contributed by atoms with Crippen molar-refractivity contribution in [2.75, 3.05) is 16.5 Å². The van der Waals surface area contributed by atoms with E-state index in [1.54, 1.807) is 0 Å². The van der Waals surface area contributed by atoms with Crippen LogP contribution in [0.25, 0.3) is 49.9 Å². The van der Waals surface area contributed by atoms with E-state index in [1.165, 1.54) is 61.4 Å². The molecule has 0 N–H and O–H groups in total. The molecule has 1 aliphatic rings. The fourth-order valence-corrected chi connectivity index (χ4v) is 9.40. The molecule has 0 unspecified atom stereocenters. The van der Waals surface area contributed by atoms with Crippen LogP contribution in [0.1, 0.15) is 84.6 Å². The van der Waals surface area contributed by atoms with Crippen LogP contribution < -0.4 is 14.5 Å². The molecule has 1 aliphatic heterocycles. The van der Waals surface area contributed by atoms with Gasteiger partial charge < -0.3 is 14.5 Å². The summed E-state index contributed by atoms with van der Waals surface area (Å²) >= 11 is 0. The first kappa shape index (κ1) is 42.8. The normalized spacial score (nSPS) is 13.2. The molecule has 3 heterocycles. The van der Waals surface area contributed by atoms with Gasteiger partial charge in [-0.05, 0) is 123 Å². The fourth-order valence-electron chi connectivity index (χ4n) is 9.40. The van der Waals surface area contributed by atoms with Crippen molar-refractivity contribution in [2.24, 2.45) is 0 Å². The lowest BCUT2D eigenvalue weighted by Gasteiger charge is -2.27. The highest BCUT2D eigenvalue weighted by molar-refractivity contribution is 6.09. The molecule has 0 radical (unpaired) electrons. The number of para-hydroxylation sites is 3. The number of nitrogens with zero attached hydrogens (tertiary/aromatic N) is 4. The van der Waals surface area contributed by atoms with Gasteiger partial charge in [-0.2, -0.15) is 0 Å². The summed E-state index contributed by atoms with van der Waals surface area (Å²) in [7, 11) is 0. The van der Waals surface area contributed by atoms with Gasteiger partial charge in [0, 0.05) is 46.0 Å². The van der Waals surface area contributed by atoms with Gasteiger partial charge in [-0.3, -0.25) is 4.57 Å². The zero-order valence-electron chi connectivity index (χ0n) is 40.1. The lowest BCUT2D eigenvalue weighted by molar-refractivity contribution is 0.479. The van der Waals surface area contributed by atoms with Gasteiger partial charge in [-0.15, -0.1) is 0 Å². The van der Waals surface area contributed by atoms with E-state index >= 15 is 0 Å². The summed E-state index contributed by atoms with van der Waals surface area (Å²) in [5, 5.41) is 2.34. The van der Waals surface area contributed by atoms with E-state index < -0.39 is 0 Å². The molecule has 5 heteroatoms. The highest BCUT2D eigenvalue weighted by Crippen LogP contribution is 2.48. The lowest BCUT2D eigenvalue weighted by Crippen LogP contribution is -2.25. The Balaban J connectivity index is 1.03. The van der Waals surface area contributed by atoms with Crippen LogP contribution in [0.2, 0.25) is 0 Å². The fraction of sp³-hybridized carbons (Fsp3) is 0.230. The molecule has 0 bridgehead atoms. The molecule has 0 aliphatic carbocycles. The van der Waals surface area contributed by atoms with E-state index in [0.717, 1.165) is 45.0 Å². The van der Waals surface area contributed by atoms with Crippen LogP contribution >= 0.6 is 0 Å². The molecule has 5 nitrogen and oxygen atoms in total. The molecule has 0 atom stereocenters. The van der Waals surface area contributed by atoms with Crippen LogP contribution in [0.5, 0.6) is 11.5 Å². The third-order valence-corrected chi connectivity index (χ3v) is 13.3. The Morgan fingerprint density at radius 1 is 0.455 bits per heavy atom. The van der Waals surface area contributed by atoms with Crippen molar-refractivity contribution < 1.29 is 4.74 Å². The number of hydrogen-bond acceptors (Lipinski definition) is 4. The minimum Gasteiger partial charge on any atom is -0.457 e. The maximum atomic E-state index is 6.99. The molecule has 0 fully saturated rings. The van der Waals surface area contributed by atoms with Crippen molar-refractivity contribution in [3.63, 3.8) is 0 Å². The zero-order chi connectivity index (χ0) is 46.1. The van der Waals surface area contributed by atoms with Crippen molar-refractivity contribution >= 4 is 44.6 Å². The standard InChI is InChI=1S/C61H60N4O/c1-40-29-58(62-38-53(40)42-21-18-22-44(30-42)59(2,3)4)65-54-24-15-14-23-51(54)52-28-27-49(37-57(52)65)66-50-35-46(61(8,9)10)34-48(36-50)64-39-63(55-25-16-17-26-56(55)64)47-32-43(41-19-12-11-13-20-41)31-45(33-47)60(5,6)7/h11-38H,39H2,1-10H3. The summed E-state index contributed by atoms with van der Waals surface area (Å²) in [4.78, 5) is 10.0. The van der Waals surface area contributed by atoms with Crippen LogP contribution in [-0.2, 0) is 16.2 Å². The molecule has 10 rings (SSSR count). The number of fused-ring (bicyclic) bond motifs is 4. The molecule has 7 aromatic carbocycles. The Kier molecular flexibility index (Phi) is 10.4. The highest BCUT2D eigenvalue weighted by Gasteiger charge is 2.31. The Labute approximate surface area is 391 Å². The summed E-state index contributed by atoms with van der Waals surface area (Å²) < 4.78 is 9.27. The Hall–Kier alpha value is -7.11. The summed E-state index contributed by atoms with van der Waals surface area (Å²) in [6.45, 7) is 23.3. The second-order valence-electron chi connectivity index (χ2n) is 21.2. The molecule has 0 saturated heterocycles. The van der Waals surface area contributed by atoms with E-state index in [4.69, 9.17) is 9.72 Å². The number of pyridine rings is 1. The summed E-state index contributed by atoms with van der Waals surface area (Å²) in [6, 6.07) is 59.5. The Bertz CT molecular complexity index is 3280. The second-order valence-corrected chi connectivity index (χ2v) is 21.2. The first-order chi connectivity index (χ1) is 31.5. The third kappa shape index (κ3) is 8.02. The van der Waals surface area contributed by atoms with Crippen molar-refractivity contribution in [3.05, 3.63) is 192 Å². The number of rotatable bonds is 7. The third-order valence-electron chi connectivity index (χ3n) is 13.3. The van der Waals surface area contributed by atoms with E-state index in [9.17, 15) is 0 Å². The van der Waals surface area contributed by atoms with Gasteiger partial charge in [0.25, 0.3) is 0 Å². The monoisotopic (exact) mass is 864 g/mol. The Morgan fingerprint density at radius 2 is 1.05 bits per heavy atom. The minimum atomic E-state index is -0.126. The molecule has 0 amide bonds. The van der Waals surface area contributed by atoms with Gasteiger partial charge in [0.15, 0.2) is 0 Å². The summed E-state index contributed by atoms with van der Waals surface area (Å²) in [5.41, 5.74) is 16.4. The van der Waals surface area contributed by atoms with Crippen molar-refractivity contribution in [2.45, 2.75) is 85.5 Å². The van der Waals surface area contributed by atoms with Crippen LogP contribution in [0.15, 0.2) is 170 Å². The number of aryl methyl sites for hydroxylation is 1. The van der Waals surface area contributed by atoms with Crippen molar-refractivity contribution in [1.82, 2.24) is 9.55 Å². The van der Waals surface area contributed by atoms with Gasteiger partial charge in [-0.25, -0.2) is 4.98 Å². The van der Waals surface area contributed by atoms with Crippen LogP contribution in [0, 0.1) is 6.92 Å². The maximum absolute atomic E-state index is 6.99. The number of aromatic nitrogens is 2. The molecular weight excluding hydrogens is 805 g/mol.